The highest BCUT2D eigenvalue weighted by Gasteiger charge is 2.64. The predicted octanol–water partition coefficient (Wildman–Crippen LogP) is 3.53. The molecule has 4 atom stereocenters. The molecule has 82 valence electrons. The molecule has 0 radical (unpaired) electrons. The summed E-state index contributed by atoms with van der Waals surface area (Å²) >= 11 is 1.61. The van der Waals surface area contributed by atoms with Crippen molar-refractivity contribution in [2.75, 3.05) is 0 Å². The van der Waals surface area contributed by atoms with E-state index in [4.69, 9.17) is 0 Å². The van der Waals surface area contributed by atoms with Gasteiger partial charge in [-0.3, -0.25) is 4.79 Å². The Morgan fingerprint density at radius 1 is 1.44 bits per heavy atom. The fourth-order valence-electron chi connectivity index (χ4n) is 4.17. The maximum Gasteiger partial charge on any atom is 0.179 e. The number of thiophene rings is 1. The largest absolute Gasteiger partial charge is 0.293 e. The summed E-state index contributed by atoms with van der Waals surface area (Å²) in [5.41, 5.74) is 0.0181. The molecule has 16 heavy (non-hydrogen) atoms. The van der Waals surface area contributed by atoms with Gasteiger partial charge in [-0.2, -0.15) is 0 Å². The summed E-state index contributed by atoms with van der Waals surface area (Å²) in [5.74, 6) is 2.36. The second-order valence-corrected chi connectivity index (χ2v) is 6.33. The molecule has 0 N–H and O–H groups in total. The van der Waals surface area contributed by atoms with Gasteiger partial charge in [-0.25, -0.2) is 0 Å². The minimum Gasteiger partial charge on any atom is -0.293 e. The normalized spacial score (nSPS) is 43.1. The first-order chi connectivity index (χ1) is 7.82. The molecule has 0 aliphatic heterocycles. The van der Waals surface area contributed by atoms with Crippen LogP contribution in [0.1, 0.15) is 28.9 Å². The third kappa shape index (κ3) is 0.866. The quantitative estimate of drug-likeness (QED) is 0.561. The van der Waals surface area contributed by atoms with Crippen molar-refractivity contribution in [1.29, 1.82) is 0 Å². The summed E-state index contributed by atoms with van der Waals surface area (Å²) in [7, 11) is 0. The molecule has 1 aromatic heterocycles. The Morgan fingerprint density at radius 3 is 3.00 bits per heavy atom. The Bertz CT molecular complexity index is 473. The van der Waals surface area contributed by atoms with Crippen molar-refractivity contribution < 1.29 is 4.79 Å². The molecule has 0 saturated heterocycles. The average Bonchev–Trinajstić information content (AvgIpc) is 2.88. The zero-order chi connectivity index (χ0) is 10.8. The molecule has 0 amide bonds. The number of hydrogen-bond acceptors (Lipinski definition) is 2. The monoisotopic (exact) mass is 230 g/mol. The van der Waals surface area contributed by atoms with Crippen LogP contribution in [0.5, 0.6) is 0 Å². The van der Waals surface area contributed by atoms with E-state index < -0.39 is 0 Å². The lowest BCUT2D eigenvalue weighted by molar-refractivity contribution is 0.0208. The lowest BCUT2D eigenvalue weighted by Gasteiger charge is -2.49. The number of carbonyl (C=O) groups excluding carboxylic acids is 1. The Morgan fingerprint density at radius 2 is 2.38 bits per heavy atom. The van der Waals surface area contributed by atoms with Gasteiger partial charge in [0.2, 0.25) is 0 Å². The minimum atomic E-state index is 0.0181. The Labute approximate surface area is 99.2 Å². The molecule has 0 aromatic carbocycles. The molecule has 2 bridgehead atoms. The van der Waals surface area contributed by atoms with Crippen molar-refractivity contribution in [1.82, 2.24) is 0 Å². The molecule has 3 aliphatic carbocycles. The highest BCUT2D eigenvalue weighted by molar-refractivity contribution is 7.12. The number of rotatable bonds is 2. The van der Waals surface area contributed by atoms with Crippen LogP contribution in [-0.2, 0) is 0 Å². The first-order valence-corrected chi connectivity index (χ1v) is 6.97. The molecular formula is C14H14OS. The van der Waals surface area contributed by atoms with Crippen LogP contribution in [0.2, 0.25) is 0 Å². The number of carbonyl (C=O) groups is 1. The van der Waals surface area contributed by atoms with Gasteiger partial charge >= 0.3 is 0 Å². The van der Waals surface area contributed by atoms with Gasteiger partial charge in [-0.1, -0.05) is 18.2 Å². The lowest BCUT2D eigenvalue weighted by atomic mass is 9.53. The summed E-state index contributed by atoms with van der Waals surface area (Å²) in [5, 5.41) is 2.01. The minimum absolute atomic E-state index is 0.0181. The predicted molar refractivity (Wildman–Crippen MR) is 64.5 cm³/mol. The first kappa shape index (κ1) is 9.17. The average molecular weight is 230 g/mol. The van der Waals surface area contributed by atoms with Crippen molar-refractivity contribution in [3.05, 3.63) is 34.5 Å². The highest BCUT2D eigenvalue weighted by atomic mass is 32.1. The fourth-order valence-corrected chi connectivity index (χ4v) is 4.93. The van der Waals surface area contributed by atoms with Crippen molar-refractivity contribution >= 4 is 17.1 Å². The first-order valence-electron chi connectivity index (χ1n) is 6.09. The van der Waals surface area contributed by atoms with Gasteiger partial charge in [-0.15, -0.1) is 11.3 Å². The zero-order valence-electron chi connectivity index (χ0n) is 9.06. The Kier molecular flexibility index (Phi) is 1.64. The van der Waals surface area contributed by atoms with Crippen LogP contribution in [0, 0.1) is 23.2 Å². The molecule has 4 rings (SSSR count). The van der Waals surface area contributed by atoms with Crippen molar-refractivity contribution in [2.45, 2.75) is 19.3 Å². The summed E-state index contributed by atoms with van der Waals surface area (Å²) < 4.78 is 0. The second kappa shape index (κ2) is 2.86. The molecule has 1 aromatic rings. The van der Waals surface area contributed by atoms with E-state index >= 15 is 0 Å². The van der Waals surface area contributed by atoms with E-state index in [2.05, 4.69) is 12.2 Å². The van der Waals surface area contributed by atoms with Crippen LogP contribution in [0.15, 0.2) is 29.7 Å². The van der Waals surface area contributed by atoms with Gasteiger partial charge in [0.05, 0.1) is 4.88 Å². The van der Waals surface area contributed by atoms with Crippen molar-refractivity contribution in [3.63, 3.8) is 0 Å². The second-order valence-electron chi connectivity index (χ2n) is 5.38. The van der Waals surface area contributed by atoms with Crippen LogP contribution in [0.4, 0.5) is 0 Å². The number of allylic oxidation sites excluding steroid dienone is 2. The van der Waals surface area contributed by atoms with Crippen LogP contribution in [-0.4, -0.2) is 5.78 Å². The van der Waals surface area contributed by atoms with Gasteiger partial charge in [0.1, 0.15) is 0 Å². The van der Waals surface area contributed by atoms with Gasteiger partial charge in [0, 0.05) is 5.41 Å². The molecular weight excluding hydrogens is 216 g/mol. The molecule has 3 aliphatic rings. The summed E-state index contributed by atoms with van der Waals surface area (Å²) in [6.45, 7) is 0. The summed E-state index contributed by atoms with van der Waals surface area (Å²) in [6, 6.07) is 3.98. The van der Waals surface area contributed by atoms with Crippen LogP contribution in [0.25, 0.3) is 0 Å². The molecule has 4 unspecified atom stereocenters. The number of Topliss-reactive ketones (excluding diaryl/α,β-unsaturated/α-hetero) is 1. The number of fused-ring (bicyclic) bond motifs is 5. The van der Waals surface area contributed by atoms with E-state index in [0.717, 1.165) is 11.3 Å². The van der Waals surface area contributed by atoms with Crippen LogP contribution >= 0.6 is 11.3 Å². The van der Waals surface area contributed by atoms with E-state index in [9.17, 15) is 4.79 Å². The lowest BCUT2D eigenvalue weighted by Crippen LogP contribution is -2.49. The third-order valence-electron chi connectivity index (χ3n) is 4.99. The zero-order valence-corrected chi connectivity index (χ0v) is 9.87. The summed E-state index contributed by atoms with van der Waals surface area (Å²) in [6.07, 6.45) is 8.30. The molecule has 1 nitrogen and oxygen atoms in total. The molecule has 2 heteroatoms. The van der Waals surface area contributed by atoms with E-state index in [-0.39, 0.29) is 5.41 Å². The number of hydrogen-bond donors (Lipinski definition) is 0. The van der Waals surface area contributed by atoms with Crippen LogP contribution in [0.3, 0.4) is 0 Å². The molecule has 1 heterocycles. The maximum atomic E-state index is 12.7. The Balaban J connectivity index is 1.78. The van der Waals surface area contributed by atoms with E-state index in [1.807, 2.05) is 17.5 Å². The maximum absolute atomic E-state index is 12.7. The van der Waals surface area contributed by atoms with Gasteiger partial charge in [-0.05, 0) is 48.5 Å². The van der Waals surface area contributed by atoms with E-state index in [1.54, 1.807) is 11.3 Å². The van der Waals surface area contributed by atoms with Gasteiger partial charge in [0.25, 0.3) is 0 Å². The molecule has 0 spiro atoms. The fraction of sp³-hybridized carbons (Fsp3) is 0.500. The highest BCUT2D eigenvalue weighted by Crippen LogP contribution is 2.67. The van der Waals surface area contributed by atoms with Crippen molar-refractivity contribution in [3.8, 4) is 0 Å². The Hall–Kier alpha value is -0.890. The molecule has 2 fully saturated rings. The van der Waals surface area contributed by atoms with E-state index in [1.165, 1.54) is 12.8 Å². The molecule has 2 saturated carbocycles. The third-order valence-corrected chi connectivity index (χ3v) is 5.86. The topological polar surface area (TPSA) is 17.1 Å². The van der Waals surface area contributed by atoms with Gasteiger partial charge < -0.3 is 0 Å². The summed E-state index contributed by atoms with van der Waals surface area (Å²) in [4.78, 5) is 13.6. The van der Waals surface area contributed by atoms with E-state index in [0.29, 0.717) is 23.5 Å². The smallest absolute Gasteiger partial charge is 0.179 e. The van der Waals surface area contributed by atoms with Crippen LogP contribution < -0.4 is 0 Å². The SMILES string of the molecule is O=C(c1cccs1)C12CCC1C1C=CC2C1. The van der Waals surface area contributed by atoms with Crippen molar-refractivity contribution in [2.24, 2.45) is 23.2 Å². The standard InChI is InChI=1S/C14H14OS/c15-13(12-2-1-7-16-12)14-6-5-11(14)9-3-4-10(14)8-9/h1-4,7,9-11H,5-6,8H2. The number of ketones is 1. The van der Waals surface area contributed by atoms with Gasteiger partial charge in [0.15, 0.2) is 5.78 Å².